The van der Waals surface area contributed by atoms with Crippen molar-refractivity contribution in [2.24, 2.45) is 0 Å². The van der Waals surface area contributed by atoms with Gasteiger partial charge >= 0.3 is 0 Å². The van der Waals surface area contributed by atoms with Gasteiger partial charge in [-0.25, -0.2) is 0 Å². The van der Waals surface area contributed by atoms with Gasteiger partial charge in [0.1, 0.15) is 0 Å². The van der Waals surface area contributed by atoms with E-state index in [1.54, 1.807) is 0 Å². The quantitative estimate of drug-likeness (QED) is 0.799. The predicted octanol–water partition coefficient (Wildman–Crippen LogP) is 3.06. The smallest absolute Gasteiger partial charge is 0.224 e. The van der Waals surface area contributed by atoms with E-state index in [0.717, 1.165) is 17.7 Å². The van der Waals surface area contributed by atoms with Crippen molar-refractivity contribution < 1.29 is 4.79 Å². The maximum atomic E-state index is 11.8. The molecule has 1 fully saturated rings. The van der Waals surface area contributed by atoms with Gasteiger partial charge in [0.25, 0.3) is 0 Å². The van der Waals surface area contributed by atoms with Gasteiger partial charge in [0, 0.05) is 12.1 Å². The van der Waals surface area contributed by atoms with E-state index in [2.05, 4.69) is 17.4 Å². The van der Waals surface area contributed by atoms with Crippen molar-refractivity contribution in [2.45, 2.75) is 18.8 Å². The highest BCUT2D eigenvalue weighted by Crippen LogP contribution is 2.31. The highest BCUT2D eigenvalue weighted by atomic mass is 16.1. The Morgan fingerprint density at radius 1 is 1.00 bits per heavy atom. The molecule has 1 aromatic carbocycles. The number of carbonyl (C=O) groups excluding carboxylic acids is 1. The first-order valence-electron chi connectivity index (χ1n) is 6.25. The van der Waals surface area contributed by atoms with Crippen LogP contribution in [0.15, 0.2) is 65.9 Å². The lowest BCUT2D eigenvalue weighted by atomic mass is 9.87. The van der Waals surface area contributed by atoms with Crippen molar-refractivity contribution in [3.63, 3.8) is 0 Å². The van der Waals surface area contributed by atoms with Gasteiger partial charge in [0.15, 0.2) is 0 Å². The molecule has 2 nitrogen and oxygen atoms in total. The van der Waals surface area contributed by atoms with Gasteiger partial charge in [-0.3, -0.25) is 4.79 Å². The van der Waals surface area contributed by atoms with E-state index < -0.39 is 0 Å². The molecule has 18 heavy (non-hydrogen) atoms. The maximum Gasteiger partial charge on any atom is 0.224 e. The van der Waals surface area contributed by atoms with E-state index in [9.17, 15) is 4.79 Å². The number of piperidine rings is 1. The highest BCUT2D eigenvalue weighted by molar-refractivity contribution is 5.80. The van der Waals surface area contributed by atoms with Crippen LogP contribution in [0.4, 0.5) is 0 Å². The van der Waals surface area contributed by atoms with Gasteiger partial charge in [-0.2, -0.15) is 0 Å². The molecule has 2 heteroatoms. The molecule has 1 N–H and O–H groups in total. The number of rotatable bonds is 1. The molecule has 0 spiro atoms. The molecule has 3 rings (SSSR count). The predicted molar refractivity (Wildman–Crippen MR) is 71.9 cm³/mol. The number of hydrogen-bond acceptors (Lipinski definition) is 1. The molecule has 1 saturated heterocycles. The van der Waals surface area contributed by atoms with Crippen LogP contribution < -0.4 is 5.32 Å². The summed E-state index contributed by atoms with van der Waals surface area (Å²) in [4.78, 5) is 11.8. The number of hydrogen-bond donors (Lipinski definition) is 1. The molecule has 1 aromatic rings. The van der Waals surface area contributed by atoms with Gasteiger partial charge < -0.3 is 5.32 Å². The monoisotopic (exact) mass is 237 g/mol. The third kappa shape index (κ3) is 2.14. The topological polar surface area (TPSA) is 29.1 Å². The summed E-state index contributed by atoms with van der Waals surface area (Å²) in [5, 5.41) is 3.00. The molecule has 2 aliphatic rings. The van der Waals surface area contributed by atoms with Crippen molar-refractivity contribution in [1.29, 1.82) is 0 Å². The Kier molecular flexibility index (Phi) is 2.85. The van der Waals surface area contributed by atoms with E-state index in [0.29, 0.717) is 12.3 Å². The van der Waals surface area contributed by atoms with Gasteiger partial charge in [-0.15, -0.1) is 0 Å². The zero-order valence-electron chi connectivity index (χ0n) is 10.1. The minimum Gasteiger partial charge on any atom is -0.329 e. The number of carbonyl (C=O) groups is 1. The van der Waals surface area contributed by atoms with Crippen molar-refractivity contribution in [2.75, 3.05) is 0 Å². The molecule has 0 bridgehead atoms. The van der Waals surface area contributed by atoms with Crippen LogP contribution in [0.3, 0.4) is 0 Å². The minimum absolute atomic E-state index is 0.117. The van der Waals surface area contributed by atoms with Gasteiger partial charge in [0.05, 0.1) is 0 Å². The Bertz CT molecular complexity index is 538. The van der Waals surface area contributed by atoms with E-state index >= 15 is 0 Å². The summed E-state index contributed by atoms with van der Waals surface area (Å²) in [7, 11) is 0. The SMILES string of the molecule is O=C1CC(c2ccccc2)CC(=C2C=CC=C2)N1. The van der Waals surface area contributed by atoms with Crippen LogP contribution in [0.2, 0.25) is 0 Å². The Morgan fingerprint density at radius 2 is 1.72 bits per heavy atom. The summed E-state index contributed by atoms with van der Waals surface area (Å²) in [5.41, 5.74) is 3.42. The summed E-state index contributed by atoms with van der Waals surface area (Å²) < 4.78 is 0. The van der Waals surface area contributed by atoms with Crippen LogP contribution in [0.1, 0.15) is 24.3 Å². The van der Waals surface area contributed by atoms with Crippen molar-refractivity contribution >= 4 is 5.91 Å². The van der Waals surface area contributed by atoms with E-state index in [1.807, 2.05) is 42.5 Å². The van der Waals surface area contributed by atoms with Crippen molar-refractivity contribution in [3.8, 4) is 0 Å². The molecule has 0 radical (unpaired) electrons. The van der Waals surface area contributed by atoms with E-state index in [-0.39, 0.29) is 5.91 Å². The zero-order valence-corrected chi connectivity index (χ0v) is 10.1. The summed E-state index contributed by atoms with van der Waals surface area (Å²) in [6.45, 7) is 0. The molecule has 1 heterocycles. The highest BCUT2D eigenvalue weighted by Gasteiger charge is 2.25. The van der Waals surface area contributed by atoms with Crippen LogP contribution in [0, 0.1) is 0 Å². The Labute approximate surface area is 107 Å². The van der Waals surface area contributed by atoms with E-state index in [4.69, 9.17) is 0 Å². The first kappa shape index (κ1) is 11.0. The third-order valence-electron chi connectivity index (χ3n) is 3.45. The van der Waals surface area contributed by atoms with Crippen LogP contribution >= 0.6 is 0 Å². The number of nitrogens with one attached hydrogen (secondary N) is 1. The van der Waals surface area contributed by atoms with Crippen LogP contribution in [-0.2, 0) is 4.79 Å². The van der Waals surface area contributed by atoms with Crippen LogP contribution in [-0.4, -0.2) is 5.91 Å². The van der Waals surface area contributed by atoms with Gasteiger partial charge in [0.2, 0.25) is 5.91 Å². The third-order valence-corrected chi connectivity index (χ3v) is 3.45. The second kappa shape index (κ2) is 4.65. The summed E-state index contributed by atoms with van der Waals surface area (Å²) in [6.07, 6.45) is 9.57. The molecule has 90 valence electrons. The standard InChI is InChI=1S/C16H15NO/c18-16-11-14(12-6-2-1-3-7-12)10-15(17-16)13-8-4-5-9-13/h1-9,14H,10-11H2,(H,17,18). The molecule has 1 atom stereocenters. The second-order valence-electron chi connectivity index (χ2n) is 4.72. The van der Waals surface area contributed by atoms with Gasteiger partial charge in [-0.1, -0.05) is 54.6 Å². The number of allylic oxidation sites excluding steroid dienone is 6. The first-order chi connectivity index (χ1) is 8.83. The fraction of sp³-hybridized carbons (Fsp3) is 0.188. The molecular formula is C16H15NO. The van der Waals surface area contributed by atoms with Gasteiger partial charge in [-0.05, 0) is 23.5 Å². The largest absolute Gasteiger partial charge is 0.329 e. The van der Waals surface area contributed by atoms with Crippen molar-refractivity contribution in [3.05, 3.63) is 71.5 Å². The average Bonchev–Trinajstić information content (AvgIpc) is 2.93. The lowest BCUT2D eigenvalue weighted by Gasteiger charge is -2.26. The lowest BCUT2D eigenvalue weighted by molar-refractivity contribution is -0.121. The molecule has 1 amide bonds. The van der Waals surface area contributed by atoms with Crippen LogP contribution in [0.25, 0.3) is 0 Å². The molecule has 0 aromatic heterocycles. The number of benzene rings is 1. The second-order valence-corrected chi connectivity index (χ2v) is 4.72. The molecule has 1 aliphatic heterocycles. The summed E-state index contributed by atoms with van der Waals surface area (Å²) in [6, 6.07) is 10.3. The fourth-order valence-electron chi connectivity index (χ4n) is 2.54. The normalized spacial score (nSPS) is 22.4. The van der Waals surface area contributed by atoms with Crippen LogP contribution in [0.5, 0.6) is 0 Å². The Hall–Kier alpha value is -2.09. The molecule has 1 unspecified atom stereocenters. The summed E-state index contributed by atoms with van der Waals surface area (Å²) >= 11 is 0. The Morgan fingerprint density at radius 3 is 2.44 bits per heavy atom. The number of amides is 1. The molecule has 0 saturated carbocycles. The maximum absolute atomic E-state index is 11.8. The van der Waals surface area contributed by atoms with Crippen molar-refractivity contribution in [1.82, 2.24) is 5.32 Å². The summed E-state index contributed by atoms with van der Waals surface area (Å²) in [5.74, 6) is 0.413. The molecular weight excluding hydrogens is 222 g/mol. The Balaban J connectivity index is 1.90. The lowest BCUT2D eigenvalue weighted by Crippen LogP contribution is -2.31. The molecule has 1 aliphatic carbocycles. The average molecular weight is 237 g/mol. The zero-order chi connectivity index (χ0) is 12.4. The van der Waals surface area contributed by atoms with E-state index in [1.165, 1.54) is 5.56 Å². The minimum atomic E-state index is 0.117. The first-order valence-corrected chi connectivity index (χ1v) is 6.25. The fourth-order valence-corrected chi connectivity index (χ4v) is 2.54.